The average Bonchev–Trinajstić information content (AvgIpc) is 3.16. The van der Waals surface area contributed by atoms with Gasteiger partial charge >= 0.3 is 0 Å². The molecule has 0 bridgehead atoms. The van der Waals surface area contributed by atoms with E-state index >= 15 is 0 Å². The van der Waals surface area contributed by atoms with Crippen molar-refractivity contribution >= 4 is 5.91 Å². The van der Waals surface area contributed by atoms with Crippen molar-refractivity contribution in [3.8, 4) is 0 Å². The second-order valence-corrected chi connectivity index (χ2v) is 6.97. The van der Waals surface area contributed by atoms with Gasteiger partial charge in [0.2, 0.25) is 0 Å². The zero-order valence-corrected chi connectivity index (χ0v) is 14.3. The first kappa shape index (κ1) is 16.5. The van der Waals surface area contributed by atoms with Crippen molar-refractivity contribution in [3.05, 3.63) is 17.5 Å². The van der Waals surface area contributed by atoms with Gasteiger partial charge in [0.1, 0.15) is 0 Å². The van der Waals surface area contributed by atoms with Gasteiger partial charge in [-0.15, -0.1) is 0 Å². The van der Waals surface area contributed by atoms with Crippen molar-refractivity contribution in [3.63, 3.8) is 0 Å². The lowest BCUT2D eigenvalue weighted by molar-refractivity contribution is -0.156. The van der Waals surface area contributed by atoms with Gasteiger partial charge in [0, 0.05) is 45.0 Å². The maximum Gasteiger partial charge on any atom is 0.255 e. The minimum Gasteiger partial charge on any atom is -0.379 e. The molecule has 1 aromatic heterocycles. The lowest BCUT2D eigenvalue weighted by Crippen LogP contribution is -2.57. The molecule has 3 rings (SSSR count). The number of hydrogen-bond acceptors (Lipinski definition) is 4. The van der Waals surface area contributed by atoms with Crippen LogP contribution in [-0.2, 0) is 24.8 Å². The summed E-state index contributed by atoms with van der Waals surface area (Å²) in [4.78, 5) is 16.7. The molecule has 1 unspecified atom stereocenters. The third-order valence-corrected chi connectivity index (χ3v) is 5.06. The van der Waals surface area contributed by atoms with Gasteiger partial charge in [0.25, 0.3) is 5.91 Å². The molecular weight excluding hydrogens is 292 g/mol. The highest BCUT2D eigenvalue weighted by atomic mass is 16.3. The third-order valence-electron chi connectivity index (χ3n) is 5.06. The molecule has 23 heavy (non-hydrogen) atoms. The Kier molecular flexibility index (Phi) is 4.73. The number of aryl methyl sites for hydroxylation is 2. The lowest BCUT2D eigenvalue weighted by Gasteiger charge is -2.39. The van der Waals surface area contributed by atoms with E-state index in [1.54, 1.807) is 0 Å². The van der Waals surface area contributed by atoms with Crippen LogP contribution in [0.25, 0.3) is 0 Å². The molecule has 0 saturated carbocycles. The SMILES string of the molecule is CCc1nn(C)cc1CN1CCCC(O)(C(=O)N2CCCC2)C1. The summed E-state index contributed by atoms with van der Waals surface area (Å²) in [6.45, 7) is 5.81. The van der Waals surface area contributed by atoms with Gasteiger partial charge in [0.05, 0.1) is 5.69 Å². The molecule has 1 N–H and O–H groups in total. The number of carbonyl (C=O) groups excluding carboxylic acids is 1. The molecule has 128 valence electrons. The minimum atomic E-state index is -1.21. The van der Waals surface area contributed by atoms with E-state index in [1.807, 2.05) is 16.6 Å². The first-order valence-electron chi connectivity index (χ1n) is 8.77. The average molecular weight is 320 g/mol. The zero-order chi connectivity index (χ0) is 16.4. The molecule has 6 heteroatoms. The summed E-state index contributed by atoms with van der Waals surface area (Å²) in [7, 11) is 1.94. The van der Waals surface area contributed by atoms with Crippen molar-refractivity contribution in [2.45, 2.75) is 51.2 Å². The summed E-state index contributed by atoms with van der Waals surface area (Å²) in [5, 5.41) is 15.4. The fourth-order valence-electron chi connectivity index (χ4n) is 3.90. The highest BCUT2D eigenvalue weighted by Crippen LogP contribution is 2.26. The second-order valence-electron chi connectivity index (χ2n) is 6.97. The summed E-state index contributed by atoms with van der Waals surface area (Å²) >= 11 is 0. The van der Waals surface area contributed by atoms with E-state index in [-0.39, 0.29) is 5.91 Å². The van der Waals surface area contributed by atoms with Crippen LogP contribution in [0.1, 0.15) is 43.9 Å². The lowest BCUT2D eigenvalue weighted by atomic mass is 9.91. The normalized spacial score (nSPS) is 26.0. The van der Waals surface area contributed by atoms with E-state index < -0.39 is 5.60 Å². The Hall–Kier alpha value is -1.40. The van der Waals surface area contributed by atoms with E-state index in [9.17, 15) is 9.90 Å². The maximum absolute atomic E-state index is 12.7. The first-order chi connectivity index (χ1) is 11.0. The molecule has 2 saturated heterocycles. The summed E-state index contributed by atoms with van der Waals surface area (Å²) in [6, 6.07) is 0. The predicted octanol–water partition coefficient (Wildman–Crippen LogP) is 0.932. The number of aliphatic hydroxyl groups is 1. The van der Waals surface area contributed by atoms with Crippen LogP contribution in [0.5, 0.6) is 0 Å². The molecule has 0 spiro atoms. The fourth-order valence-corrected chi connectivity index (χ4v) is 3.90. The molecule has 0 aromatic carbocycles. The number of piperidine rings is 1. The van der Waals surface area contributed by atoms with Crippen molar-refractivity contribution in [2.24, 2.45) is 7.05 Å². The summed E-state index contributed by atoms with van der Waals surface area (Å²) in [5.41, 5.74) is 1.09. The number of carbonyl (C=O) groups is 1. The molecule has 1 atom stereocenters. The standard InChI is InChI=1S/C17H28N4O2/c1-3-15-14(11-19(2)18-15)12-20-8-6-7-17(23,13-20)16(22)21-9-4-5-10-21/h11,23H,3-10,12-13H2,1-2H3. The first-order valence-corrected chi connectivity index (χ1v) is 8.77. The smallest absolute Gasteiger partial charge is 0.255 e. The Bertz CT molecular complexity index is 565. The van der Waals surface area contributed by atoms with Gasteiger partial charge in [-0.3, -0.25) is 14.4 Å². The Balaban J connectivity index is 1.68. The van der Waals surface area contributed by atoms with Gasteiger partial charge in [0.15, 0.2) is 5.60 Å². The molecular formula is C17H28N4O2. The van der Waals surface area contributed by atoms with Gasteiger partial charge < -0.3 is 10.0 Å². The predicted molar refractivity (Wildman–Crippen MR) is 87.9 cm³/mol. The van der Waals surface area contributed by atoms with E-state index in [0.717, 1.165) is 57.6 Å². The van der Waals surface area contributed by atoms with Crippen LogP contribution in [0, 0.1) is 0 Å². The number of aromatic nitrogens is 2. The second kappa shape index (κ2) is 6.61. The Labute approximate surface area is 138 Å². The minimum absolute atomic E-state index is 0.0680. The number of β-amino-alcohol motifs (C(OH)–C–C–N with tert-alkyl or cyclic N) is 1. The number of amides is 1. The molecule has 1 aromatic rings. The van der Waals surface area contributed by atoms with Gasteiger partial charge in [-0.25, -0.2) is 0 Å². The number of nitrogens with zero attached hydrogens (tertiary/aromatic N) is 4. The van der Waals surface area contributed by atoms with E-state index in [1.165, 1.54) is 5.56 Å². The van der Waals surface area contributed by atoms with Crippen LogP contribution in [0.15, 0.2) is 6.20 Å². The van der Waals surface area contributed by atoms with Gasteiger partial charge in [-0.2, -0.15) is 5.10 Å². The topological polar surface area (TPSA) is 61.6 Å². The van der Waals surface area contributed by atoms with Crippen molar-refractivity contribution in [1.29, 1.82) is 0 Å². The van der Waals surface area contributed by atoms with Crippen LogP contribution in [0.4, 0.5) is 0 Å². The maximum atomic E-state index is 12.7. The van der Waals surface area contributed by atoms with E-state index in [2.05, 4.69) is 23.1 Å². The van der Waals surface area contributed by atoms with E-state index in [4.69, 9.17) is 0 Å². The van der Waals surface area contributed by atoms with Crippen LogP contribution < -0.4 is 0 Å². The molecule has 3 heterocycles. The Morgan fingerprint density at radius 3 is 2.74 bits per heavy atom. The molecule has 2 aliphatic rings. The number of likely N-dealkylation sites (tertiary alicyclic amines) is 2. The van der Waals surface area contributed by atoms with Crippen molar-refractivity contribution in [1.82, 2.24) is 19.6 Å². The van der Waals surface area contributed by atoms with Crippen molar-refractivity contribution < 1.29 is 9.90 Å². The molecule has 2 aliphatic heterocycles. The van der Waals surface area contributed by atoms with Crippen LogP contribution in [-0.4, -0.2) is 62.4 Å². The quantitative estimate of drug-likeness (QED) is 0.897. The summed E-state index contributed by atoms with van der Waals surface area (Å²) < 4.78 is 1.85. The van der Waals surface area contributed by atoms with Crippen LogP contribution in [0.2, 0.25) is 0 Å². The van der Waals surface area contributed by atoms with Crippen LogP contribution in [0.3, 0.4) is 0 Å². The van der Waals surface area contributed by atoms with Crippen molar-refractivity contribution in [2.75, 3.05) is 26.2 Å². The monoisotopic (exact) mass is 320 g/mol. The third kappa shape index (κ3) is 3.43. The zero-order valence-electron chi connectivity index (χ0n) is 14.3. The highest BCUT2D eigenvalue weighted by molar-refractivity contribution is 5.85. The summed E-state index contributed by atoms with van der Waals surface area (Å²) in [5.74, 6) is -0.0680. The molecule has 0 radical (unpaired) electrons. The van der Waals surface area contributed by atoms with Gasteiger partial charge in [-0.1, -0.05) is 6.92 Å². The Morgan fingerprint density at radius 1 is 1.30 bits per heavy atom. The summed E-state index contributed by atoms with van der Waals surface area (Å²) in [6.07, 6.45) is 6.50. The number of rotatable bonds is 4. The molecule has 2 fully saturated rings. The largest absolute Gasteiger partial charge is 0.379 e. The molecule has 6 nitrogen and oxygen atoms in total. The molecule has 0 aliphatic carbocycles. The van der Waals surface area contributed by atoms with Crippen LogP contribution >= 0.6 is 0 Å². The highest BCUT2D eigenvalue weighted by Gasteiger charge is 2.43. The molecule has 1 amide bonds. The Morgan fingerprint density at radius 2 is 2.04 bits per heavy atom. The fraction of sp³-hybridized carbons (Fsp3) is 0.765. The van der Waals surface area contributed by atoms with Gasteiger partial charge in [-0.05, 0) is 38.6 Å². The van der Waals surface area contributed by atoms with E-state index in [0.29, 0.717) is 13.0 Å². The number of hydrogen-bond donors (Lipinski definition) is 1.